The lowest BCUT2D eigenvalue weighted by Crippen LogP contribution is -2.50. The molecule has 202 valence electrons. The van der Waals surface area contributed by atoms with E-state index in [9.17, 15) is 18.0 Å². The van der Waals surface area contributed by atoms with Crippen molar-refractivity contribution in [2.24, 2.45) is 0 Å². The van der Waals surface area contributed by atoms with Gasteiger partial charge < -0.3 is 14.4 Å². The van der Waals surface area contributed by atoms with Crippen molar-refractivity contribution in [1.29, 1.82) is 0 Å². The van der Waals surface area contributed by atoms with Crippen LogP contribution in [0.5, 0.6) is 5.75 Å². The number of rotatable bonds is 6. The van der Waals surface area contributed by atoms with Gasteiger partial charge in [-0.15, -0.1) is 5.92 Å². The Bertz CT molecular complexity index is 1540. The SMILES string of the molecule is CC#CCOc1ccc(S(=O)(=O)N2Cc3ccccc3N(C(=O)c3c(C)cccc3Cl)CC2C(=O)OC)cc1. The van der Waals surface area contributed by atoms with E-state index in [1.807, 2.05) is 0 Å². The maximum atomic E-state index is 13.9. The normalized spacial score (nSPS) is 15.4. The van der Waals surface area contributed by atoms with Crippen molar-refractivity contribution in [2.75, 3.05) is 25.2 Å². The molecule has 0 aliphatic carbocycles. The van der Waals surface area contributed by atoms with E-state index >= 15 is 0 Å². The fourth-order valence-electron chi connectivity index (χ4n) is 4.39. The van der Waals surface area contributed by atoms with Gasteiger partial charge in [-0.2, -0.15) is 4.31 Å². The number of fused-ring (bicyclic) bond motifs is 1. The molecule has 10 heteroatoms. The molecule has 0 saturated carbocycles. The van der Waals surface area contributed by atoms with Crippen LogP contribution in [0, 0.1) is 18.8 Å². The highest BCUT2D eigenvalue weighted by Crippen LogP contribution is 2.34. The second-order valence-electron chi connectivity index (χ2n) is 8.75. The summed E-state index contributed by atoms with van der Waals surface area (Å²) in [5.41, 5.74) is 1.95. The van der Waals surface area contributed by atoms with E-state index in [2.05, 4.69) is 11.8 Å². The quantitative estimate of drug-likeness (QED) is 0.323. The summed E-state index contributed by atoms with van der Waals surface area (Å²) in [5.74, 6) is 4.71. The lowest BCUT2D eigenvalue weighted by atomic mass is 10.1. The fraction of sp³-hybridized carbons (Fsp3) is 0.241. The van der Waals surface area contributed by atoms with Crippen LogP contribution in [0.15, 0.2) is 71.6 Å². The first kappa shape index (κ1) is 28.2. The Labute approximate surface area is 233 Å². The molecule has 3 aromatic carbocycles. The van der Waals surface area contributed by atoms with Gasteiger partial charge >= 0.3 is 5.97 Å². The average molecular weight is 567 g/mol. The van der Waals surface area contributed by atoms with Crippen LogP contribution < -0.4 is 9.64 Å². The summed E-state index contributed by atoms with van der Waals surface area (Å²) >= 11 is 6.41. The van der Waals surface area contributed by atoms with Crippen LogP contribution in [0.2, 0.25) is 5.02 Å². The third kappa shape index (κ3) is 5.78. The van der Waals surface area contributed by atoms with E-state index in [0.717, 1.165) is 4.31 Å². The number of amides is 1. The molecule has 1 unspecified atom stereocenters. The van der Waals surface area contributed by atoms with Crippen LogP contribution in [0.3, 0.4) is 0 Å². The van der Waals surface area contributed by atoms with Gasteiger partial charge in [0.25, 0.3) is 5.91 Å². The molecule has 0 saturated heterocycles. The van der Waals surface area contributed by atoms with Crippen molar-refractivity contribution < 1.29 is 27.5 Å². The zero-order valence-electron chi connectivity index (χ0n) is 21.7. The van der Waals surface area contributed by atoms with E-state index in [1.54, 1.807) is 56.3 Å². The van der Waals surface area contributed by atoms with E-state index < -0.39 is 27.9 Å². The van der Waals surface area contributed by atoms with Gasteiger partial charge in [0, 0.05) is 12.2 Å². The number of para-hydroxylation sites is 1. The van der Waals surface area contributed by atoms with E-state index in [4.69, 9.17) is 21.1 Å². The second-order valence-corrected chi connectivity index (χ2v) is 11.1. The number of esters is 1. The number of aryl methyl sites for hydroxylation is 1. The van der Waals surface area contributed by atoms with Crippen LogP contribution in [-0.4, -0.2) is 50.9 Å². The maximum absolute atomic E-state index is 13.9. The lowest BCUT2D eigenvalue weighted by molar-refractivity contribution is -0.144. The summed E-state index contributed by atoms with van der Waals surface area (Å²) in [6.07, 6.45) is 0. The maximum Gasteiger partial charge on any atom is 0.326 e. The zero-order chi connectivity index (χ0) is 28.2. The van der Waals surface area contributed by atoms with Crippen molar-refractivity contribution in [3.8, 4) is 17.6 Å². The molecule has 1 heterocycles. The first-order valence-corrected chi connectivity index (χ1v) is 13.9. The minimum absolute atomic E-state index is 0.0375. The number of hydrogen-bond acceptors (Lipinski definition) is 6. The predicted octanol–water partition coefficient (Wildman–Crippen LogP) is 4.44. The first-order valence-electron chi connectivity index (χ1n) is 12.1. The molecule has 1 aliphatic heterocycles. The molecule has 0 N–H and O–H groups in total. The molecule has 1 amide bonds. The lowest BCUT2D eigenvalue weighted by Gasteiger charge is -2.29. The second kappa shape index (κ2) is 11.9. The standard InChI is InChI=1S/C29H27ClN2O6S/c1-4-5-17-38-22-13-15-23(16-14-22)39(35,36)32-18-21-10-6-7-12-25(21)31(19-26(32)29(34)37-3)28(33)27-20(2)9-8-11-24(27)30/h6-16,26H,17-19H2,1-3H3. The number of halogens is 1. The van der Waals surface area contributed by atoms with Crippen LogP contribution in [-0.2, 0) is 26.1 Å². The number of sulfonamides is 1. The van der Waals surface area contributed by atoms with E-state index in [1.165, 1.54) is 36.3 Å². The summed E-state index contributed by atoms with van der Waals surface area (Å²) in [7, 11) is -3.04. The van der Waals surface area contributed by atoms with Crippen molar-refractivity contribution in [3.63, 3.8) is 0 Å². The number of ether oxygens (including phenoxy) is 2. The van der Waals surface area contributed by atoms with Gasteiger partial charge in [0.1, 0.15) is 18.4 Å². The topological polar surface area (TPSA) is 93.2 Å². The molecular formula is C29H27ClN2O6S. The molecule has 0 spiro atoms. The molecule has 1 aliphatic rings. The molecule has 0 aromatic heterocycles. The van der Waals surface area contributed by atoms with E-state index in [-0.39, 0.29) is 35.2 Å². The highest BCUT2D eigenvalue weighted by Gasteiger charge is 2.42. The smallest absolute Gasteiger partial charge is 0.326 e. The molecule has 1 atom stereocenters. The van der Waals surface area contributed by atoms with Gasteiger partial charge in [-0.1, -0.05) is 47.9 Å². The largest absolute Gasteiger partial charge is 0.481 e. The predicted molar refractivity (Wildman–Crippen MR) is 148 cm³/mol. The molecule has 0 fully saturated rings. The first-order chi connectivity index (χ1) is 18.7. The van der Waals surface area contributed by atoms with Crippen LogP contribution in [0.1, 0.15) is 28.4 Å². The third-order valence-electron chi connectivity index (χ3n) is 6.38. The monoisotopic (exact) mass is 566 g/mol. The molecule has 3 aromatic rings. The van der Waals surface area contributed by atoms with Gasteiger partial charge in [0.15, 0.2) is 0 Å². The zero-order valence-corrected chi connectivity index (χ0v) is 23.3. The Morgan fingerprint density at radius 3 is 2.44 bits per heavy atom. The van der Waals surface area contributed by atoms with Gasteiger partial charge in [0.2, 0.25) is 10.0 Å². The number of anilines is 1. The number of nitrogens with zero attached hydrogens (tertiary/aromatic N) is 2. The molecule has 4 rings (SSSR count). The average Bonchev–Trinajstić information content (AvgIpc) is 3.11. The van der Waals surface area contributed by atoms with E-state index in [0.29, 0.717) is 22.6 Å². The molecule has 0 radical (unpaired) electrons. The Kier molecular flexibility index (Phi) is 8.60. The van der Waals surface area contributed by atoms with Gasteiger partial charge in [-0.25, -0.2) is 8.42 Å². The van der Waals surface area contributed by atoms with Crippen LogP contribution in [0.4, 0.5) is 5.69 Å². The highest BCUT2D eigenvalue weighted by molar-refractivity contribution is 7.89. The Morgan fingerprint density at radius 2 is 1.77 bits per heavy atom. The van der Waals surface area contributed by atoms with Gasteiger partial charge in [-0.05, 0) is 61.4 Å². The van der Waals surface area contributed by atoms with Crippen LogP contribution >= 0.6 is 11.6 Å². The summed E-state index contributed by atoms with van der Waals surface area (Å²) in [6, 6.07) is 16.6. The minimum Gasteiger partial charge on any atom is -0.481 e. The number of hydrogen-bond donors (Lipinski definition) is 0. The van der Waals surface area contributed by atoms with Gasteiger partial charge in [0.05, 0.1) is 29.1 Å². The van der Waals surface area contributed by atoms with Crippen molar-refractivity contribution in [3.05, 3.63) is 88.4 Å². The van der Waals surface area contributed by atoms with Crippen molar-refractivity contribution in [2.45, 2.75) is 31.3 Å². The van der Waals surface area contributed by atoms with Crippen molar-refractivity contribution >= 4 is 39.2 Å². The van der Waals surface area contributed by atoms with Crippen molar-refractivity contribution in [1.82, 2.24) is 4.31 Å². The number of carbonyl (C=O) groups is 2. The van der Waals surface area contributed by atoms with Crippen LogP contribution in [0.25, 0.3) is 0 Å². The fourth-order valence-corrected chi connectivity index (χ4v) is 6.24. The molecule has 8 nitrogen and oxygen atoms in total. The third-order valence-corrected chi connectivity index (χ3v) is 8.57. The highest BCUT2D eigenvalue weighted by atomic mass is 35.5. The molecular weight excluding hydrogens is 540 g/mol. The summed E-state index contributed by atoms with van der Waals surface area (Å²) in [6.45, 7) is 3.20. The molecule has 39 heavy (non-hydrogen) atoms. The number of methoxy groups -OCH3 is 1. The Balaban J connectivity index is 1.78. The molecule has 0 bridgehead atoms. The Morgan fingerprint density at radius 1 is 1.05 bits per heavy atom. The number of benzene rings is 3. The number of carbonyl (C=O) groups excluding carboxylic acids is 2. The summed E-state index contributed by atoms with van der Waals surface area (Å²) in [5, 5.41) is 0.257. The minimum atomic E-state index is -4.22. The van der Waals surface area contributed by atoms with Gasteiger partial charge in [-0.3, -0.25) is 9.59 Å². The summed E-state index contributed by atoms with van der Waals surface area (Å²) in [4.78, 5) is 28.3. The summed E-state index contributed by atoms with van der Waals surface area (Å²) < 4.78 is 39.5. The Hall–Kier alpha value is -3.84.